The average molecular weight is 768 g/mol. The van der Waals surface area contributed by atoms with Crippen molar-refractivity contribution in [2.75, 3.05) is 4.90 Å². The van der Waals surface area contributed by atoms with Gasteiger partial charge in [0.25, 0.3) is 0 Å². The van der Waals surface area contributed by atoms with Gasteiger partial charge in [0, 0.05) is 16.6 Å². The average Bonchev–Trinajstić information content (AvgIpc) is 3.72. The zero-order valence-corrected chi connectivity index (χ0v) is 33.1. The molecular weight excluding hydrogens is 727 g/mol. The molecule has 0 amide bonds. The van der Waals surface area contributed by atoms with Crippen LogP contribution in [0.1, 0.15) is 18.4 Å². The number of hydrogen-bond acceptors (Lipinski definition) is 2. The summed E-state index contributed by atoms with van der Waals surface area (Å²) in [5, 5.41) is 4.84. The van der Waals surface area contributed by atoms with Crippen molar-refractivity contribution in [2.45, 2.75) is 12.8 Å². The first-order valence-corrected chi connectivity index (χ1v) is 20.8. The van der Waals surface area contributed by atoms with Gasteiger partial charge in [0.2, 0.25) is 0 Å². The largest absolute Gasteiger partial charge is 0.456 e. The van der Waals surface area contributed by atoms with E-state index >= 15 is 0 Å². The molecule has 0 aliphatic heterocycles. The molecule has 2 heteroatoms. The van der Waals surface area contributed by atoms with Gasteiger partial charge in [0.05, 0.1) is 16.8 Å². The summed E-state index contributed by atoms with van der Waals surface area (Å²) in [7, 11) is 0. The number of anilines is 3. The van der Waals surface area contributed by atoms with Crippen LogP contribution in [0.3, 0.4) is 0 Å². The van der Waals surface area contributed by atoms with Gasteiger partial charge in [-0.3, -0.25) is 0 Å². The highest BCUT2D eigenvalue weighted by molar-refractivity contribution is 6.14. The van der Waals surface area contributed by atoms with Gasteiger partial charge in [-0.1, -0.05) is 164 Å². The summed E-state index contributed by atoms with van der Waals surface area (Å²) in [5.41, 5.74) is 17.1. The monoisotopic (exact) mass is 767 g/mol. The Morgan fingerprint density at radius 3 is 1.70 bits per heavy atom. The fourth-order valence-electron chi connectivity index (χ4n) is 9.09. The van der Waals surface area contributed by atoms with E-state index in [1.54, 1.807) is 0 Å². The van der Waals surface area contributed by atoms with E-state index in [1.807, 2.05) is 6.07 Å². The van der Waals surface area contributed by atoms with Gasteiger partial charge in [-0.05, 0) is 134 Å². The van der Waals surface area contributed by atoms with Crippen LogP contribution in [0, 0.1) is 0 Å². The molecular formula is C58H41NO. The minimum absolute atomic E-state index is 0.866. The van der Waals surface area contributed by atoms with E-state index in [1.165, 1.54) is 55.0 Å². The van der Waals surface area contributed by atoms with E-state index in [4.69, 9.17) is 4.42 Å². The number of para-hydroxylation sites is 2. The van der Waals surface area contributed by atoms with Gasteiger partial charge >= 0.3 is 0 Å². The quantitative estimate of drug-likeness (QED) is 0.153. The molecule has 9 aromatic carbocycles. The van der Waals surface area contributed by atoms with Crippen molar-refractivity contribution in [3.63, 3.8) is 0 Å². The zero-order chi connectivity index (χ0) is 39.8. The van der Waals surface area contributed by atoms with E-state index in [2.05, 4.69) is 223 Å². The Morgan fingerprint density at radius 2 is 0.933 bits per heavy atom. The molecule has 1 heterocycles. The SMILES string of the molecule is C1=c2ccccc2=C(c2cccc(-c3ccccc3N(c3ccc(-c4cc(-c5ccccc5)cc(-c5ccccc5)c4)cc3)c3cccc4oc5ccccc5c34)c2)CC1. The van der Waals surface area contributed by atoms with Crippen molar-refractivity contribution in [3.05, 3.63) is 234 Å². The van der Waals surface area contributed by atoms with Crippen LogP contribution < -0.4 is 15.3 Å². The van der Waals surface area contributed by atoms with E-state index in [0.29, 0.717) is 0 Å². The van der Waals surface area contributed by atoms with Crippen LogP contribution in [-0.2, 0) is 0 Å². The number of hydrogen-bond donors (Lipinski definition) is 0. The molecule has 0 atom stereocenters. The summed E-state index contributed by atoms with van der Waals surface area (Å²) in [4.78, 5) is 2.42. The van der Waals surface area contributed by atoms with Crippen molar-refractivity contribution in [3.8, 4) is 44.5 Å². The van der Waals surface area contributed by atoms with Crippen LogP contribution in [-0.4, -0.2) is 0 Å². The van der Waals surface area contributed by atoms with Gasteiger partial charge in [-0.15, -0.1) is 0 Å². The lowest BCUT2D eigenvalue weighted by Gasteiger charge is -2.29. The van der Waals surface area contributed by atoms with E-state index in [-0.39, 0.29) is 0 Å². The molecule has 0 radical (unpaired) electrons. The summed E-state index contributed by atoms with van der Waals surface area (Å²) in [6.45, 7) is 0. The predicted molar refractivity (Wildman–Crippen MR) is 252 cm³/mol. The standard InChI is InChI=1S/C58H41NO/c1-3-16-40(17-4-1)46-37-47(41-18-5-2-6-19-41)39-48(38-46)42-32-34-49(35-33-42)59(55-29-15-31-57-58(55)53-26-10-12-30-56(53)60-57)54-28-11-9-25-52(54)45-23-13-22-44(36-45)51-27-14-21-43-20-7-8-24-50(43)51/h1-13,15-26,28-39H,14,27H2. The molecule has 0 N–H and O–H groups in total. The molecule has 1 aromatic heterocycles. The van der Waals surface area contributed by atoms with Crippen LogP contribution in [0.25, 0.3) is 78.1 Å². The zero-order valence-electron chi connectivity index (χ0n) is 33.1. The molecule has 1 aliphatic carbocycles. The minimum Gasteiger partial charge on any atom is -0.456 e. The summed E-state index contributed by atoms with van der Waals surface area (Å²) < 4.78 is 6.48. The summed E-state index contributed by atoms with van der Waals surface area (Å²) >= 11 is 0. The Hall–Kier alpha value is -7.68. The molecule has 284 valence electrons. The highest BCUT2D eigenvalue weighted by atomic mass is 16.3. The lowest BCUT2D eigenvalue weighted by Crippen LogP contribution is -2.29. The lowest BCUT2D eigenvalue weighted by molar-refractivity contribution is 0.669. The molecule has 11 rings (SSSR count). The maximum Gasteiger partial charge on any atom is 0.137 e. The van der Waals surface area contributed by atoms with Crippen molar-refractivity contribution in [2.24, 2.45) is 0 Å². The summed E-state index contributed by atoms with van der Waals surface area (Å²) in [5.74, 6) is 0. The van der Waals surface area contributed by atoms with Crippen LogP contribution in [0.4, 0.5) is 17.1 Å². The summed E-state index contributed by atoms with van der Waals surface area (Å²) in [6, 6.07) is 78.9. The second kappa shape index (κ2) is 15.2. The number of rotatable bonds is 8. The molecule has 2 nitrogen and oxygen atoms in total. The second-order valence-electron chi connectivity index (χ2n) is 15.6. The van der Waals surface area contributed by atoms with Gasteiger partial charge in [0.1, 0.15) is 11.2 Å². The Labute approximate surface area is 350 Å². The van der Waals surface area contributed by atoms with Gasteiger partial charge in [0.15, 0.2) is 0 Å². The van der Waals surface area contributed by atoms with Crippen molar-refractivity contribution in [1.29, 1.82) is 0 Å². The van der Waals surface area contributed by atoms with Crippen LogP contribution >= 0.6 is 0 Å². The summed E-state index contributed by atoms with van der Waals surface area (Å²) in [6.07, 6.45) is 4.43. The molecule has 10 aromatic rings. The van der Waals surface area contributed by atoms with Crippen LogP contribution in [0.2, 0.25) is 0 Å². The second-order valence-corrected chi connectivity index (χ2v) is 15.6. The molecule has 0 saturated carbocycles. The first kappa shape index (κ1) is 35.5. The third-order valence-electron chi connectivity index (χ3n) is 11.9. The fraction of sp³-hybridized carbons (Fsp3) is 0.0345. The van der Waals surface area contributed by atoms with Gasteiger partial charge in [-0.2, -0.15) is 0 Å². The third kappa shape index (κ3) is 6.49. The Kier molecular flexibility index (Phi) is 9.02. The molecule has 0 spiro atoms. The molecule has 0 unspecified atom stereocenters. The smallest absolute Gasteiger partial charge is 0.137 e. The van der Waals surface area contributed by atoms with Crippen molar-refractivity contribution < 1.29 is 4.42 Å². The Bertz CT molecular complexity index is 3250. The Balaban J connectivity index is 1.08. The van der Waals surface area contributed by atoms with E-state index in [0.717, 1.165) is 63.0 Å². The van der Waals surface area contributed by atoms with Crippen LogP contribution in [0.5, 0.6) is 0 Å². The van der Waals surface area contributed by atoms with E-state index in [9.17, 15) is 0 Å². The maximum atomic E-state index is 6.48. The number of fused-ring (bicyclic) bond motifs is 4. The minimum atomic E-state index is 0.866. The third-order valence-corrected chi connectivity index (χ3v) is 11.9. The highest BCUT2D eigenvalue weighted by Gasteiger charge is 2.22. The number of benzene rings is 9. The van der Waals surface area contributed by atoms with Gasteiger partial charge in [-0.25, -0.2) is 0 Å². The number of furan rings is 1. The molecule has 60 heavy (non-hydrogen) atoms. The van der Waals surface area contributed by atoms with E-state index < -0.39 is 0 Å². The Morgan fingerprint density at radius 1 is 0.383 bits per heavy atom. The first-order chi connectivity index (χ1) is 29.7. The highest BCUT2D eigenvalue weighted by Crippen LogP contribution is 2.46. The number of nitrogens with zero attached hydrogens (tertiary/aromatic N) is 1. The van der Waals surface area contributed by atoms with Crippen molar-refractivity contribution in [1.82, 2.24) is 0 Å². The van der Waals surface area contributed by atoms with Crippen molar-refractivity contribution >= 4 is 50.6 Å². The maximum absolute atomic E-state index is 6.48. The molecule has 0 bridgehead atoms. The lowest BCUT2D eigenvalue weighted by atomic mass is 9.91. The normalized spacial score (nSPS) is 12.3. The topological polar surface area (TPSA) is 16.4 Å². The predicted octanol–water partition coefficient (Wildman–Crippen LogP) is 14.5. The molecule has 1 aliphatic rings. The van der Waals surface area contributed by atoms with Crippen LogP contribution in [0.15, 0.2) is 223 Å². The fourth-order valence-corrected chi connectivity index (χ4v) is 9.09. The molecule has 0 fully saturated rings. The molecule has 0 saturated heterocycles. The van der Waals surface area contributed by atoms with Gasteiger partial charge < -0.3 is 9.32 Å². The first-order valence-electron chi connectivity index (χ1n) is 20.8.